The van der Waals surface area contributed by atoms with Crippen LogP contribution in [0.25, 0.3) is 0 Å². The zero-order chi connectivity index (χ0) is 19.9. The Morgan fingerprint density at radius 3 is 2.50 bits per heavy atom. The number of rotatable bonds is 8. The summed E-state index contributed by atoms with van der Waals surface area (Å²) < 4.78 is 7.30. The van der Waals surface area contributed by atoms with E-state index in [0.717, 1.165) is 12.1 Å². The van der Waals surface area contributed by atoms with Crippen molar-refractivity contribution in [1.29, 1.82) is 0 Å². The van der Waals surface area contributed by atoms with E-state index in [2.05, 4.69) is 10.3 Å². The molecule has 0 aliphatic heterocycles. The molecular weight excluding hydrogens is 354 g/mol. The Labute approximate surface area is 164 Å². The Morgan fingerprint density at radius 1 is 1.11 bits per heavy atom. The number of carbonyl (C=O) groups excluding carboxylic acids is 2. The van der Waals surface area contributed by atoms with Gasteiger partial charge in [-0.15, -0.1) is 0 Å². The van der Waals surface area contributed by atoms with Crippen LogP contribution in [-0.4, -0.2) is 28.4 Å². The summed E-state index contributed by atoms with van der Waals surface area (Å²) >= 11 is 0. The van der Waals surface area contributed by atoms with E-state index >= 15 is 0 Å². The molecule has 144 valence electrons. The summed E-state index contributed by atoms with van der Waals surface area (Å²) in [6, 6.07) is 13.2. The topological polar surface area (TPSA) is 73.2 Å². The Hall–Kier alpha value is -3.41. The lowest BCUT2D eigenvalue weighted by Crippen LogP contribution is -2.24. The number of ketones is 1. The van der Waals surface area contributed by atoms with Gasteiger partial charge in [0.15, 0.2) is 5.78 Å². The van der Waals surface area contributed by atoms with Crippen LogP contribution >= 0.6 is 0 Å². The molecule has 0 aliphatic rings. The van der Waals surface area contributed by atoms with Gasteiger partial charge in [0.05, 0.1) is 19.9 Å². The minimum absolute atomic E-state index is 0.0416. The molecule has 0 atom stereocenters. The number of imidazole rings is 1. The highest BCUT2D eigenvalue weighted by Gasteiger charge is 2.11. The Kier molecular flexibility index (Phi) is 6.22. The predicted octanol–water partition coefficient (Wildman–Crippen LogP) is 3.00. The van der Waals surface area contributed by atoms with Crippen molar-refractivity contribution in [2.24, 2.45) is 0 Å². The highest BCUT2D eigenvalue weighted by Crippen LogP contribution is 2.21. The third kappa shape index (κ3) is 5.07. The van der Waals surface area contributed by atoms with Crippen LogP contribution in [0.15, 0.2) is 61.2 Å². The molecule has 0 bridgehead atoms. The molecule has 0 saturated carbocycles. The molecule has 0 radical (unpaired) electrons. The standard InChI is InChI=1S/C22H23N3O3/c1-16(26)19-7-8-21(28-2)20(11-19)12-22(27)24-13-17-3-5-18(6-4-17)14-25-10-9-23-15-25/h3-11,15H,12-14H2,1-2H3,(H,24,27). The molecule has 6 heteroatoms. The van der Waals surface area contributed by atoms with Crippen LogP contribution in [0.4, 0.5) is 0 Å². The van der Waals surface area contributed by atoms with Crippen LogP contribution in [0.3, 0.4) is 0 Å². The number of hydrogen-bond donors (Lipinski definition) is 1. The van der Waals surface area contributed by atoms with E-state index in [9.17, 15) is 9.59 Å². The van der Waals surface area contributed by atoms with Gasteiger partial charge in [-0.2, -0.15) is 0 Å². The first-order valence-electron chi connectivity index (χ1n) is 9.03. The molecule has 1 aromatic heterocycles. The fraction of sp³-hybridized carbons (Fsp3) is 0.227. The Balaban J connectivity index is 1.57. The molecule has 28 heavy (non-hydrogen) atoms. The first-order chi connectivity index (χ1) is 13.5. The van der Waals surface area contributed by atoms with Crippen LogP contribution in [-0.2, 0) is 24.3 Å². The van der Waals surface area contributed by atoms with Crippen molar-refractivity contribution in [3.05, 3.63) is 83.4 Å². The second-order valence-electron chi connectivity index (χ2n) is 6.59. The third-order valence-corrected chi connectivity index (χ3v) is 4.47. The first kappa shape index (κ1) is 19.4. The number of Topliss-reactive ketones (excluding diaryl/α,β-unsaturated/α-hetero) is 1. The summed E-state index contributed by atoms with van der Waals surface area (Å²) in [5, 5.41) is 2.92. The Bertz CT molecular complexity index is 948. The number of benzene rings is 2. The van der Waals surface area contributed by atoms with Gasteiger partial charge in [0, 0.05) is 36.6 Å². The summed E-state index contributed by atoms with van der Waals surface area (Å²) in [6.45, 7) is 2.71. The maximum Gasteiger partial charge on any atom is 0.224 e. The number of nitrogens with zero attached hydrogens (tertiary/aromatic N) is 2. The van der Waals surface area contributed by atoms with Crippen LogP contribution in [0.1, 0.15) is 34.0 Å². The van der Waals surface area contributed by atoms with Crippen molar-refractivity contribution >= 4 is 11.7 Å². The normalized spacial score (nSPS) is 10.5. The summed E-state index contributed by atoms with van der Waals surface area (Å²) in [4.78, 5) is 28.0. The maximum atomic E-state index is 12.4. The fourth-order valence-corrected chi connectivity index (χ4v) is 2.93. The molecule has 3 aromatic rings. The minimum atomic E-state index is -0.124. The number of hydrogen-bond acceptors (Lipinski definition) is 4. The van der Waals surface area contributed by atoms with Gasteiger partial charge in [0.25, 0.3) is 0 Å². The molecule has 0 unspecified atom stereocenters. The quantitative estimate of drug-likeness (QED) is 0.613. The van der Waals surface area contributed by atoms with Gasteiger partial charge in [-0.25, -0.2) is 4.98 Å². The lowest BCUT2D eigenvalue weighted by atomic mass is 10.0. The number of nitrogens with one attached hydrogen (secondary N) is 1. The molecule has 2 aromatic carbocycles. The molecule has 1 amide bonds. The van der Waals surface area contributed by atoms with Crippen molar-refractivity contribution in [3.8, 4) is 5.75 Å². The molecule has 0 aliphatic carbocycles. The van der Waals surface area contributed by atoms with Crippen LogP contribution < -0.4 is 10.1 Å². The third-order valence-electron chi connectivity index (χ3n) is 4.47. The second-order valence-corrected chi connectivity index (χ2v) is 6.59. The maximum absolute atomic E-state index is 12.4. The minimum Gasteiger partial charge on any atom is -0.496 e. The number of methoxy groups -OCH3 is 1. The first-order valence-corrected chi connectivity index (χ1v) is 9.03. The largest absolute Gasteiger partial charge is 0.496 e. The summed E-state index contributed by atoms with van der Waals surface area (Å²) in [7, 11) is 1.55. The van der Waals surface area contributed by atoms with Gasteiger partial charge in [-0.3, -0.25) is 9.59 Å². The molecule has 6 nitrogen and oxygen atoms in total. The van der Waals surface area contributed by atoms with Gasteiger partial charge in [0.2, 0.25) is 5.91 Å². The van der Waals surface area contributed by atoms with Gasteiger partial charge in [0.1, 0.15) is 5.75 Å². The predicted molar refractivity (Wildman–Crippen MR) is 106 cm³/mol. The number of aromatic nitrogens is 2. The molecule has 0 spiro atoms. The average Bonchev–Trinajstić information content (AvgIpc) is 3.20. The zero-order valence-corrected chi connectivity index (χ0v) is 16.0. The van der Waals surface area contributed by atoms with E-state index in [1.165, 1.54) is 12.5 Å². The molecule has 0 fully saturated rings. The Morgan fingerprint density at radius 2 is 1.86 bits per heavy atom. The van der Waals surface area contributed by atoms with Gasteiger partial charge < -0.3 is 14.6 Å². The number of ether oxygens (including phenoxy) is 1. The van der Waals surface area contributed by atoms with E-state index < -0.39 is 0 Å². The monoisotopic (exact) mass is 377 g/mol. The van der Waals surface area contributed by atoms with Crippen molar-refractivity contribution in [2.45, 2.75) is 26.4 Å². The highest BCUT2D eigenvalue weighted by molar-refractivity contribution is 5.94. The molecule has 0 saturated heterocycles. The van der Waals surface area contributed by atoms with Crippen molar-refractivity contribution < 1.29 is 14.3 Å². The molecule has 1 heterocycles. The lowest BCUT2D eigenvalue weighted by Gasteiger charge is -2.11. The zero-order valence-electron chi connectivity index (χ0n) is 16.0. The van der Waals surface area contributed by atoms with Crippen LogP contribution in [0, 0.1) is 0 Å². The second kappa shape index (κ2) is 8.99. The highest BCUT2D eigenvalue weighted by atomic mass is 16.5. The smallest absolute Gasteiger partial charge is 0.224 e. The van der Waals surface area contributed by atoms with Gasteiger partial charge >= 0.3 is 0 Å². The van der Waals surface area contributed by atoms with Gasteiger partial charge in [-0.05, 0) is 36.2 Å². The summed E-state index contributed by atoms with van der Waals surface area (Å²) in [5.74, 6) is 0.436. The summed E-state index contributed by atoms with van der Waals surface area (Å²) in [6.07, 6.45) is 5.61. The van der Waals surface area contributed by atoms with Crippen molar-refractivity contribution in [1.82, 2.24) is 14.9 Å². The molecular formula is C22H23N3O3. The van der Waals surface area contributed by atoms with Gasteiger partial charge in [-0.1, -0.05) is 24.3 Å². The average molecular weight is 377 g/mol. The number of carbonyl (C=O) groups is 2. The SMILES string of the molecule is COc1ccc(C(C)=O)cc1CC(=O)NCc1ccc(Cn2ccnc2)cc1. The van der Waals surface area contributed by atoms with E-state index in [4.69, 9.17) is 4.74 Å². The number of amides is 1. The lowest BCUT2D eigenvalue weighted by molar-refractivity contribution is -0.120. The van der Waals surface area contributed by atoms with Crippen LogP contribution in [0.2, 0.25) is 0 Å². The van der Waals surface area contributed by atoms with Crippen molar-refractivity contribution in [3.63, 3.8) is 0 Å². The molecule has 1 N–H and O–H groups in total. The van der Waals surface area contributed by atoms with E-state index in [1.54, 1.807) is 37.8 Å². The van der Waals surface area contributed by atoms with Crippen LogP contribution in [0.5, 0.6) is 5.75 Å². The molecule has 3 rings (SSSR count). The fourth-order valence-electron chi connectivity index (χ4n) is 2.93. The van der Waals surface area contributed by atoms with Crippen molar-refractivity contribution in [2.75, 3.05) is 7.11 Å². The van der Waals surface area contributed by atoms with E-state index in [1.807, 2.05) is 35.0 Å². The summed E-state index contributed by atoms with van der Waals surface area (Å²) in [5.41, 5.74) is 3.45. The van der Waals surface area contributed by atoms with E-state index in [-0.39, 0.29) is 18.1 Å². The van der Waals surface area contributed by atoms with E-state index in [0.29, 0.717) is 23.4 Å².